The minimum Gasteiger partial charge on any atom is -0.497 e. The van der Waals surface area contributed by atoms with E-state index in [9.17, 15) is 9.59 Å². The van der Waals surface area contributed by atoms with Crippen molar-refractivity contribution in [1.29, 1.82) is 0 Å². The molecule has 12 nitrogen and oxygen atoms in total. The maximum Gasteiger partial charge on any atom is 0.355 e. The van der Waals surface area contributed by atoms with Crippen LogP contribution in [0.15, 0.2) is 234 Å². The molecule has 0 radical (unpaired) electrons. The van der Waals surface area contributed by atoms with Gasteiger partial charge in [0.15, 0.2) is 16.6 Å². The van der Waals surface area contributed by atoms with Gasteiger partial charge in [-0.1, -0.05) is 205 Å². The van der Waals surface area contributed by atoms with Crippen LogP contribution < -0.4 is 20.2 Å². The topological polar surface area (TPSA) is 144 Å². The van der Waals surface area contributed by atoms with E-state index < -0.39 is 34.7 Å². The Balaban J connectivity index is 0.949. The van der Waals surface area contributed by atoms with E-state index in [4.69, 9.17) is 30.9 Å². The van der Waals surface area contributed by atoms with Crippen molar-refractivity contribution in [3.05, 3.63) is 283 Å². The molecular formula is C63H49ClN6O6S3. The first-order valence-corrected chi connectivity index (χ1v) is 28.4. The van der Waals surface area contributed by atoms with E-state index >= 15 is 4.79 Å². The molecular weight excluding hydrogens is 1070 g/mol. The Morgan fingerprint density at radius 2 is 1.34 bits per heavy atom. The number of hydrogen-bond donors (Lipinski definition) is 2. The maximum atomic E-state index is 15.2. The van der Waals surface area contributed by atoms with E-state index in [1.807, 2.05) is 115 Å². The number of benzene rings is 7. The summed E-state index contributed by atoms with van der Waals surface area (Å²) < 4.78 is 11.2. The fourth-order valence-corrected chi connectivity index (χ4v) is 12.7. The number of aromatic nitrogens is 2. The van der Waals surface area contributed by atoms with E-state index in [1.165, 1.54) is 39.3 Å². The Labute approximate surface area is 474 Å². The predicted molar refractivity (Wildman–Crippen MR) is 313 cm³/mol. The first kappa shape index (κ1) is 52.5. The molecule has 79 heavy (non-hydrogen) atoms. The van der Waals surface area contributed by atoms with Gasteiger partial charge in [-0.15, -0.1) is 34.4 Å². The van der Waals surface area contributed by atoms with Gasteiger partial charge in [-0.3, -0.25) is 14.5 Å². The summed E-state index contributed by atoms with van der Waals surface area (Å²) in [7, 11) is 1.58. The number of carbonyl (C=O) groups excluding carboxylic acids is 3. The van der Waals surface area contributed by atoms with Crippen molar-refractivity contribution in [3.8, 4) is 11.5 Å². The third-order valence-corrected chi connectivity index (χ3v) is 16.9. The lowest BCUT2D eigenvalue weighted by Crippen LogP contribution is -2.71. The second-order valence-corrected chi connectivity index (χ2v) is 21.5. The SMILES string of the molecule is COc1ccc(COC(=O)C2=C(C=Cc3scnc3Cl)CS[C@H]3C(NC(=O)C(=NOc4ccccc4C(c4ccccc4)c4ccccc4)c4csc(NC(c5ccccc5)(c5ccccc5)c5ccccc5)n4)C(=O)N23)cc1. The second-order valence-electron chi connectivity index (χ2n) is 18.3. The molecule has 9 aromatic rings. The van der Waals surface area contributed by atoms with Crippen LogP contribution in [0.1, 0.15) is 55.4 Å². The number of halogens is 1. The zero-order chi connectivity index (χ0) is 54.1. The highest BCUT2D eigenvalue weighted by Crippen LogP contribution is 2.44. The third kappa shape index (κ3) is 11.1. The number of anilines is 1. The normalized spacial score (nSPS) is 15.4. The smallest absolute Gasteiger partial charge is 0.355 e. The summed E-state index contributed by atoms with van der Waals surface area (Å²) in [6.07, 6.45) is 3.52. The molecule has 7 aromatic carbocycles. The number of nitrogens with one attached hydrogen (secondary N) is 2. The molecule has 0 saturated carbocycles. The number of β-lactam (4-membered cyclic amide) rings is 1. The summed E-state index contributed by atoms with van der Waals surface area (Å²) in [5.74, 6) is -0.811. The lowest BCUT2D eigenvalue weighted by molar-refractivity contribution is -0.153. The van der Waals surface area contributed by atoms with E-state index in [0.29, 0.717) is 38.0 Å². The first-order chi connectivity index (χ1) is 38.8. The quantitative estimate of drug-likeness (QED) is 0.0264. The molecule has 16 heteroatoms. The Bertz CT molecular complexity index is 3560. The standard InChI is InChI=1S/C63H49ClN6O6S3/c1-74-48-34-31-41(32-35-48)37-75-61(73)56-44(33-36-52-57(64)65-40-79-52)38-77-60-55(59(72)70(56)60)67-58(71)54(69-76-51-30-18-17-29-49(51)53(42-19-7-2-8-20-42)43-21-9-3-10-22-43)50-39-78-62(66-50)68-63(45-23-11-4-12-24-45,46-25-13-5-14-26-46)47-27-15-6-16-28-47/h2-36,39-40,53,55,60H,37-38H2,1H3,(H,66,68)(H,67,71)/t55?,60-/m0/s1. The number of allylic oxidation sites excluding steroid dienone is 1. The fourth-order valence-electron chi connectivity index (χ4n) is 9.76. The van der Waals surface area contributed by atoms with Gasteiger partial charge >= 0.3 is 5.97 Å². The molecule has 0 bridgehead atoms. The first-order valence-electron chi connectivity index (χ1n) is 25.2. The maximum absolute atomic E-state index is 15.2. The molecule has 0 aliphatic carbocycles. The number of methoxy groups -OCH3 is 1. The van der Waals surface area contributed by atoms with Gasteiger partial charge in [0.05, 0.1) is 17.5 Å². The Kier molecular flexibility index (Phi) is 15.9. The number of carbonyl (C=O) groups is 3. The molecule has 0 spiro atoms. The van der Waals surface area contributed by atoms with Crippen molar-refractivity contribution in [2.24, 2.45) is 5.16 Å². The monoisotopic (exact) mass is 1120 g/mol. The number of amides is 2. The Morgan fingerprint density at radius 1 is 0.759 bits per heavy atom. The number of esters is 1. The largest absolute Gasteiger partial charge is 0.497 e. The number of oxime groups is 1. The molecule has 2 aliphatic rings. The molecule has 2 atom stereocenters. The second kappa shape index (κ2) is 24.0. The Morgan fingerprint density at radius 3 is 1.92 bits per heavy atom. The van der Waals surface area contributed by atoms with Crippen molar-refractivity contribution < 1.29 is 28.7 Å². The number of para-hydroxylation sites is 1. The number of rotatable bonds is 19. The highest BCUT2D eigenvalue weighted by Gasteiger charge is 2.54. The summed E-state index contributed by atoms with van der Waals surface area (Å²) in [4.78, 5) is 61.8. The van der Waals surface area contributed by atoms with E-state index in [1.54, 1.807) is 54.4 Å². The average molecular weight is 1120 g/mol. The minimum atomic E-state index is -1.07. The van der Waals surface area contributed by atoms with E-state index in [-0.39, 0.29) is 29.6 Å². The van der Waals surface area contributed by atoms with Crippen molar-refractivity contribution in [2.45, 2.75) is 29.5 Å². The lowest BCUT2D eigenvalue weighted by atomic mass is 9.77. The number of nitrogens with zero attached hydrogens (tertiary/aromatic N) is 4. The van der Waals surface area contributed by atoms with Crippen molar-refractivity contribution in [2.75, 3.05) is 18.2 Å². The van der Waals surface area contributed by atoms with Gasteiger partial charge < -0.3 is 24.9 Å². The molecule has 2 aliphatic heterocycles. The highest BCUT2D eigenvalue weighted by atomic mass is 35.5. The Hall–Kier alpha value is -8.60. The minimum absolute atomic E-state index is 0.0575. The summed E-state index contributed by atoms with van der Waals surface area (Å²) in [5, 5.41) is 13.3. The van der Waals surface area contributed by atoms with Gasteiger partial charge in [0.2, 0.25) is 0 Å². The molecule has 1 saturated heterocycles. The number of thiazole rings is 2. The van der Waals surface area contributed by atoms with Crippen molar-refractivity contribution in [1.82, 2.24) is 20.2 Å². The molecule has 2 aromatic heterocycles. The predicted octanol–water partition coefficient (Wildman–Crippen LogP) is 12.7. The van der Waals surface area contributed by atoms with E-state index in [2.05, 4.69) is 81.4 Å². The third-order valence-electron chi connectivity index (χ3n) is 13.6. The van der Waals surface area contributed by atoms with Crippen LogP contribution in [0.5, 0.6) is 11.5 Å². The van der Waals surface area contributed by atoms with Crippen molar-refractivity contribution >= 4 is 80.7 Å². The van der Waals surface area contributed by atoms with Crippen LogP contribution in [-0.2, 0) is 31.3 Å². The van der Waals surface area contributed by atoms with Crippen LogP contribution in [0.2, 0.25) is 5.15 Å². The number of ether oxygens (including phenoxy) is 2. The van der Waals surface area contributed by atoms with Crippen LogP contribution in [0.4, 0.5) is 5.13 Å². The molecule has 2 amide bonds. The van der Waals surface area contributed by atoms with Crippen LogP contribution in [0.25, 0.3) is 6.08 Å². The number of thioether (sulfide) groups is 1. The van der Waals surface area contributed by atoms with Gasteiger partial charge in [-0.2, -0.15) is 0 Å². The van der Waals surface area contributed by atoms with Gasteiger partial charge in [0.1, 0.15) is 45.9 Å². The molecule has 11 rings (SSSR count). The molecule has 2 N–H and O–H groups in total. The van der Waals surface area contributed by atoms with Crippen LogP contribution in [0, 0.1) is 0 Å². The zero-order valence-corrected chi connectivity index (χ0v) is 45.6. The van der Waals surface area contributed by atoms with E-state index in [0.717, 1.165) is 38.9 Å². The average Bonchev–Trinajstić information content (AvgIpc) is 4.30. The number of fused-ring (bicyclic) bond motifs is 1. The van der Waals surface area contributed by atoms with Gasteiger partial charge in [-0.25, -0.2) is 14.8 Å². The van der Waals surface area contributed by atoms with Crippen LogP contribution in [0.3, 0.4) is 0 Å². The van der Waals surface area contributed by atoms with Crippen LogP contribution >= 0.6 is 46.0 Å². The molecule has 1 unspecified atom stereocenters. The van der Waals surface area contributed by atoms with Crippen LogP contribution in [-0.4, -0.2) is 62.6 Å². The summed E-state index contributed by atoms with van der Waals surface area (Å²) >= 11 is 10.4. The van der Waals surface area contributed by atoms with Gasteiger partial charge in [-0.05, 0) is 63.2 Å². The molecule has 1 fully saturated rings. The number of hydrogen-bond acceptors (Lipinski definition) is 13. The highest BCUT2D eigenvalue weighted by molar-refractivity contribution is 8.00. The lowest BCUT2D eigenvalue weighted by Gasteiger charge is -2.49. The van der Waals surface area contributed by atoms with Crippen molar-refractivity contribution in [3.63, 3.8) is 0 Å². The summed E-state index contributed by atoms with van der Waals surface area (Å²) in [6, 6.07) is 64.3. The molecule has 392 valence electrons. The van der Waals surface area contributed by atoms with Gasteiger partial charge in [0, 0.05) is 22.6 Å². The summed E-state index contributed by atoms with van der Waals surface area (Å²) in [5.41, 5.74) is 7.82. The fraction of sp³-hybridized carbons (Fsp3) is 0.111. The van der Waals surface area contributed by atoms with Gasteiger partial charge in [0.25, 0.3) is 11.8 Å². The zero-order valence-electron chi connectivity index (χ0n) is 42.3. The summed E-state index contributed by atoms with van der Waals surface area (Å²) in [6.45, 7) is -0.0575. The molecule has 4 heterocycles.